The Kier molecular flexibility index (Phi) is 6.10. The van der Waals surface area contributed by atoms with Crippen LogP contribution in [-0.2, 0) is 20.1 Å². The van der Waals surface area contributed by atoms with Crippen molar-refractivity contribution in [2.24, 2.45) is 7.05 Å². The molecule has 0 bridgehead atoms. The molecule has 0 aliphatic heterocycles. The minimum Gasteiger partial charge on any atom is -0.425 e. The molecule has 2 aromatic carbocycles. The quantitative estimate of drug-likeness (QED) is 0.462. The molecule has 172 valence electrons. The maximum absolute atomic E-state index is 13.4. The standard InChI is InChI=1S/C23H22F2N4O4/c1-14(30)11-12-28-21(31)19-20(27(2)23(28)32)26-22(33-18-9-7-17(25)8-10-18)29(19)13-15-3-5-16(24)6-4-15/h3-10,14,30H,11-13H2,1-2H3. The summed E-state index contributed by atoms with van der Waals surface area (Å²) in [5.74, 6) is -0.558. The molecule has 0 amide bonds. The summed E-state index contributed by atoms with van der Waals surface area (Å²) in [6.45, 7) is 1.70. The highest BCUT2D eigenvalue weighted by atomic mass is 19.1. The zero-order valence-electron chi connectivity index (χ0n) is 18.0. The number of imidazole rings is 1. The Bertz CT molecular complexity index is 1400. The number of ether oxygens (including phenoxy) is 1. The van der Waals surface area contributed by atoms with E-state index >= 15 is 0 Å². The largest absolute Gasteiger partial charge is 0.425 e. The lowest BCUT2D eigenvalue weighted by atomic mass is 10.2. The molecule has 0 fully saturated rings. The summed E-state index contributed by atoms with van der Waals surface area (Å²) < 4.78 is 36.3. The Morgan fingerprint density at radius 3 is 2.21 bits per heavy atom. The second-order valence-corrected chi connectivity index (χ2v) is 7.77. The van der Waals surface area contributed by atoms with E-state index < -0.39 is 29.0 Å². The number of rotatable bonds is 7. The van der Waals surface area contributed by atoms with Crippen LogP contribution in [-0.4, -0.2) is 29.9 Å². The number of fused-ring (bicyclic) bond motifs is 1. The van der Waals surface area contributed by atoms with Crippen molar-refractivity contribution in [1.82, 2.24) is 18.7 Å². The topological polar surface area (TPSA) is 91.3 Å². The number of benzene rings is 2. The zero-order valence-corrected chi connectivity index (χ0v) is 18.0. The van der Waals surface area contributed by atoms with Gasteiger partial charge in [-0.25, -0.2) is 13.6 Å². The molecule has 4 aromatic rings. The van der Waals surface area contributed by atoms with E-state index in [0.29, 0.717) is 5.56 Å². The first-order valence-electron chi connectivity index (χ1n) is 10.3. The van der Waals surface area contributed by atoms with Crippen molar-refractivity contribution in [2.45, 2.75) is 32.5 Å². The molecule has 0 saturated carbocycles. The van der Waals surface area contributed by atoms with Crippen LogP contribution in [0.3, 0.4) is 0 Å². The Labute approximate surface area is 186 Å². The fraction of sp³-hybridized carbons (Fsp3) is 0.261. The predicted molar refractivity (Wildman–Crippen MR) is 118 cm³/mol. The Hall–Kier alpha value is -3.79. The van der Waals surface area contributed by atoms with Gasteiger partial charge in [0.05, 0.1) is 12.6 Å². The molecule has 2 aromatic heterocycles. The minimum absolute atomic E-state index is 0.0151. The van der Waals surface area contributed by atoms with Gasteiger partial charge in [0, 0.05) is 13.6 Å². The van der Waals surface area contributed by atoms with Crippen molar-refractivity contribution in [3.63, 3.8) is 0 Å². The van der Waals surface area contributed by atoms with Gasteiger partial charge in [0.25, 0.3) is 5.56 Å². The van der Waals surface area contributed by atoms with Crippen LogP contribution in [0, 0.1) is 11.6 Å². The SMILES string of the molecule is CC(O)CCn1c(=O)c2c(nc(Oc3ccc(F)cc3)n2Cc2ccc(F)cc2)n(C)c1=O. The molecule has 0 aliphatic carbocycles. The van der Waals surface area contributed by atoms with Gasteiger partial charge in [0.15, 0.2) is 11.2 Å². The summed E-state index contributed by atoms with van der Waals surface area (Å²) in [4.78, 5) is 30.5. The molecule has 2 heterocycles. The first-order valence-corrected chi connectivity index (χ1v) is 10.3. The summed E-state index contributed by atoms with van der Waals surface area (Å²) >= 11 is 0. The maximum Gasteiger partial charge on any atom is 0.332 e. The number of aryl methyl sites for hydroxylation is 1. The van der Waals surface area contributed by atoms with Gasteiger partial charge in [-0.1, -0.05) is 12.1 Å². The van der Waals surface area contributed by atoms with Gasteiger partial charge >= 0.3 is 11.7 Å². The van der Waals surface area contributed by atoms with E-state index in [1.165, 1.54) is 52.6 Å². The van der Waals surface area contributed by atoms with E-state index in [2.05, 4.69) is 4.98 Å². The average Bonchev–Trinajstić information content (AvgIpc) is 3.13. The van der Waals surface area contributed by atoms with E-state index in [-0.39, 0.29) is 42.4 Å². The zero-order chi connectivity index (χ0) is 23.7. The number of hydrogen-bond donors (Lipinski definition) is 1. The van der Waals surface area contributed by atoms with E-state index in [1.807, 2.05) is 0 Å². The normalized spacial score (nSPS) is 12.3. The van der Waals surface area contributed by atoms with Crippen LogP contribution in [0.15, 0.2) is 58.1 Å². The van der Waals surface area contributed by atoms with Gasteiger partial charge in [0.2, 0.25) is 0 Å². The molecule has 0 radical (unpaired) electrons. The monoisotopic (exact) mass is 456 g/mol. The van der Waals surface area contributed by atoms with E-state index in [0.717, 1.165) is 4.57 Å². The molecular weight excluding hydrogens is 434 g/mol. The lowest BCUT2D eigenvalue weighted by Crippen LogP contribution is -2.40. The molecular formula is C23H22F2N4O4. The predicted octanol–water partition coefficient (Wildman–Crippen LogP) is 2.79. The smallest absolute Gasteiger partial charge is 0.332 e. The minimum atomic E-state index is -0.696. The van der Waals surface area contributed by atoms with Crippen LogP contribution in [0.2, 0.25) is 0 Å². The third-order valence-corrected chi connectivity index (χ3v) is 5.24. The molecule has 0 spiro atoms. The average molecular weight is 456 g/mol. The fourth-order valence-corrected chi connectivity index (χ4v) is 3.47. The van der Waals surface area contributed by atoms with Crippen molar-refractivity contribution in [3.05, 3.63) is 86.6 Å². The van der Waals surface area contributed by atoms with Crippen molar-refractivity contribution in [3.8, 4) is 11.8 Å². The molecule has 10 heteroatoms. The lowest BCUT2D eigenvalue weighted by Gasteiger charge is -2.12. The fourth-order valence-electron chi connectivity index (χ4n) is 3.47. The van der Waals surface area contributed by atoms with Crippen molar-refractivity contribution < 1.29 is 18.6 Å². The molecule has 1 atom stereocenters. The molecule has 1 unspecified atom stereocenters. The highest BCUT2D eigenvalue weighted by Crippen LogP contribution is 2.25. The number of aromatic nitrogens is 4. The number of aliphatic hydroxyl groups is 1. The summed E-state index contributed by atoms with van der Waals surface area (Å²) in [5, 5.41) is 9.62. The van der Waals surface area contributed by atoms with Gasteiger partial charge in [-0.15, -0.1) is 0 Å². The van der Waals surface area contributed by atoms with Crippen LogP contribution >= 0.6 is 0 Å². The summed E-state index contributed by atoms with van der Waals surface area (Å²) in [7, 11) is 1.49. The maximum atomic E-state index is 13.4. The first-order chi connectivity index (χ1) is 15.7. The van der Waals surface area contributed by atoms with E-state index in [4.69, 9.17) is 4.74 Å². The Morgan fingerprint density at radius 2 is 1.61 bits per heavy atom. The molecule has 8 nitrogen and oxygen atoms in total. The third kappa shape index (κ3) is 4.56. The molecule has 0 saturated heterocycles. The second-order valence-electron chi connectivity index (χ2n) is 7.77. The van der Waals surface area contributed by atoms with Gasteiger partial charge in [0.1, 0.15) is 17.4 Å². The summed E-state index contributed by atoms with van der Waals surface area (Å²) in [6.07, 6.45) is -0.482. The van der Waals surface area contributed by atoms with Gasteiger partial charge in [-0.3, -0.25) is 18.5 Å². The van der Waals surface area contributed by atoms with Gasteiger partial charge < -0.3 is 9.84 Å². The van der Waals surface area contributed by atoms with Crippen molar-refractivity contribution in [2.75, 3.05) is 0 Å². The molecule has 0 aliphatic rings. The van der Waals surface area contributed by atoms with Crippen LogP contribution in [0.25, 0.3) is 11.2 Å². The highest BCUT2D eigenvalue weighted by molar-refractivity contribution is 5.72. The van der Waals surface area contributed by atoms with E-state index in [9.17, 15) is 23.5 Å². The van der Waals surface area contributed by atoms with Crippen LogP contribution in [0.1, 0.15) is 18.9 Å². The third-order valence-electron chi connectivity index (χ3n) is 5.24. The van der Waals surface area contributed by atoms with Gasteiger partial charge in [-0.2, -0.15) is 4.98 Å². The Balaban J connectivity index is 1.91. The van der Waals surface area contributed by atoms with E-state index in [1.54, 1.807) is 19.1 Å². The molecule has 4 rings (SSSR count). The number of nitrogens with zero attached hydrogens (tertiary/aromatic N) is 4. The summed E-state index contributed by atoms with van der Waals surface area (Å²) in [6, 6.07) is 11.0. The van der Waals surface area contributed by atoms with Crippen LogP contribution in [0.4, 0.5) is 8.78 Å². The number of halogens is 2. The number of aliphatic hydroxyl groups excluding tert-OH is 1. The molecule has 33 heavy (non-hydrogen) atoms. The van der Waals surface area contributed by atoms with Gasteiger partial charge in [-0.05, 0) is 55.3 Å². The first kappa shape index (κ1) is 22.4. The van der Waals surface area contributed by atoms with Crippen LogP contribution in [0.5, 0.6) is 11.8 Å². The summed E-state index contributed by atoms with van der Waals surface area (Å²) in [5.41, 5.74) is -0.268. The lowest BCUT2D eigenvalue weighted by molar-refractivity contribution is 0.176. The Morgan fingerprint density at radius 1 is 1.00 bits per heavy atom. The molecule has 1 N–H and O–H groups in total. The number of hydrogen-bond acceptors (Lipinski definition) is 5. The van der Waals surface area contributed by atoms with Crippen molar-refractivity contribution >= 4 is 11.2 Å². The second kappa shape index (κ2) is 8.99. The van der Waals surface area contributed by atoms with Crippen molar-refractivity contribution in [1.29, 1.82) is 0 Å². The highest BCUT2D eigenvalue weighted by Gasteiger charge is 2.22. The van der Waals surface area contributed by atoms with Crippen LogP contribution < -0.4 is 16.0 Å².